The van der Waals surface area contributed by atoms with Gasteiger partial charge >= 0.3 is 12.0 Å². The van der Waals surface area contributed by atoms with Crippen molar-refractivity contribution in [1.82, 2.24) is 68.6 Å². The molecule has 0 saturated carbocycles. The highest BCUT2D eigenvalue weighted by Crippen LogP contribution is 2.29. The summed E-state index contributed by atoms with van der Waals surface area (Å²) in [6, 6.07) is 16.5. The van der Waals surface area contributed by atoms with Gasteiger partial charge in [-0.15, -0.1) is 0 Å². The van der Waals surface area contributed by atoms with Gasteiger partial charge in [0.1, 0.15) is 12.2 Å². The van der Waals surface area contributed by atoms with Gasteiger partial charge in [-0.05, 0) is 154 Å². The summed E-state index contributed by atoms with van der Waals surface area (Å²) in [4.78, 5) is 69.8. The van der Waals surface area contributed by atoms with E-state index in [-0.39, 0.29) is 41.9 Å². The third-order valence-electron chi connectivity index (χ3n) is 16.7. The minimum atomic E-state index is -0.197. The molecule has 3 amide bonds. The Morgan fingerprint density at radius 1 is 0.602 bits per heavy atom. The summed E-state index contributed by atoms with van der Waals surface area (Å²) in [6.45, 7) is 17.9. The van der Waals surface area contributed by atoms with E-state index < -0.39 is 0 Å². The van der Waals surface area contributed by atoms with Gasteiger partial charge in [0.05, 0.1) is 12.4 Å². The van der Waals surface area contributed by atoms with Crippen LogP contribution in [0.1, 0.15) is 124 Å². The first-order valence-corrected chi connectivity index (χ1v) is 31.6. The molecule has 0 bridgehead atoms. The Morgan fingerprint density at radius 3 is 1.59 bits per heavy atom. The lowest BCUT2D eigenvalue weighted by Crippen LogP contribution is -2.43. The van der Waals surface area contributed by atoms with E-state index in [2.05, 4.69) is 100 Å². The number of rotatable bonds is 22. The molecule has 4 fully saturated rings. The van der Waals surface area contributed by atoms with Crippen molar-refractivity contribution in [3.05, 3.63) is 107 Å². The van der Waals surface area contributed by atoms with Crippen LogP contribution in [0.3, 0.4) is 0 Å². The maximum absolute atomic E-state index is 13.2. The largest absolute Gasteiger partial charge is 0.460 e. The number of carbonyl (C=O) groups is 3. The topological polar surface area (TPSA) is 223 Å². The number of anilines is 4. The summed E-state index contributed by atoms with van der Waals surface area (Å²) in [5.41, 5.74) is 6.99. The van der Waals surface area contributed by atoms with Gasteiger partial charge in [-0.1, -0.05) is 58.4 Å². The fraction of sp³-hybridized carbons (Fsp3) is 0.554. The highest BCUT2D eigenvalue weighted by molar-refractivity contribution is 6.00. The molecule has 0 aliphatic carbocycles. The minimum Gasteiger partial charge on any atom is -0.460 e. The smallest absolute Gasteiger partial charge is 0.322 e. The van der Waals surface area contributed by atoms with E-state index >= 15 is 0 Å². The third-order valence-corrected chi connectivity index (χ3v) is 16.7. The molecule has 10 rings (SSSR count). The normalized spacial score (nSPS) is 18.1. The van der Waals surface area contributed by atoms with Crippen LogP contribution in [0.5, 0.6) is 12.0 Å². The van der Waals surface area contributed by atoms with Crippen LogP contribution in [0.15, 0.2) is 85.2 Å². The Kier molecular flexibility index (Phi) is 22.9. The van der Waals surface area contributed by atoms with Crippen LogP contribution < -0.4 is 30.7 Å². The molecule has 8 heterocycles. The number of amides is 3. The number of hydrogen-bond acceptors (Lipinski definition) is 18. The monoisotopic (exact) mass is 1210 g/mol. The van der Waals surface area contributed by atoms with E-state index in [0.29, 0.717) is 66.8 Å². The van der Waals surface area contributed by atoms with Gasteiger partial charge in [-0.2, -0.15) is 39.2 Å². The lowest BCUT2D eigenvalue weighted by atomic mass is 10.0. The molecule has 0 radical (unpaired) electrons. The highest BCUT2D eigenvalue weighted by atomic mass is 16.5. The van der Waals surface area contributed by atoms with E-state index in [1.54, 1.807) is 40.9 Å². The van der Waals surface area contributed by atoms with Crippen molar-refractivity contribution in [3.63, 3.8) is 0 Å². The molecule has 1 unspecified atom stereocenters. The van der Waals surface area contributed by atoms with Crippen LogP contribution in [0, 0.1) is 0 Å². The Labute approximate surface area is 519 Å². The van der Waals surface area contributed by atoms with Crippen molar-refractivity contribution in [2.75, 3.05) is 129 Å². The van der Waals surface area contributed by atoms with E-state index in [9.17, 15) is 14.4 Å². The van der Waals surface area contributed by atoms with Gasteiger partial charge in [-0.25, -0.2) is 0 Å². The number of aromatic nitrogens is 8. The van der Waals surface area contributed by atoms with Gasteiger partial charge in [0, 0.05) is 118 Å². The fourth-order valence-corrected chi connectivity index (χ4v) is 11.4. The van der Waals surface area contributed by atoms with Crippen molar-refractivity contribution in [2.45, 2.75) is 128 Å². The average Bonchev–Trinajstić information content (AvgIpc) is 3.72. The van der Waals surface area contributed by atoms with Crippen LogP contribution in [0.2, 0.25) is 0 Å². The lowest BCUT2D eigenvalue weighted by molar-refractivity contribution is -0.112. The molecule has 474 valence electrons. The van der Waals surface area contributed by atoms with Crippen molar-refractivity contribution in [2.24, 2.45) is 0 Å². The van der Waals surface area contributed by atoms with E-state index in [1.165, 1.54) is 24.5 Å². The maximum atomic E-state index is 13.2. The number of fused-ring (bicyclic) bond motifs is 2. The summed E-state index contributed by atoms with van der Waals surface area (Å²) in [6.07, 6.45) is 19.6. The third kappa shape index (κ3) is 18.3. The number of ether oxygens (including phenoxy) is 2. The van der Waals surface area contributed by atoms with Crippen LogP contribution >= 0.6 is 0 Å². The number of nitrogens with zero attached hydrogens (tertiary/aromatic N) is 14. The number of benzene rings is 2. The first kappa shape index (κ1) is 64.9. The molecular weight excluding hydrogens is 1110 g/mol. The minimum absolute atomic E-state index is 0.0147. The van der Waals surface area contributed by atoms with Crippen molar-refractivity contribution in [1.29, 1.82) is 0 Å². The Balaban J connectivity index is 0.000000209. The van der Waals surface area contributed by atoms with Crippen molar-refractivity contribution in [3.8, 4) is 12.0 Å². The predicted octanol–water partition coefficient (Wildman–Crippen LogP) is 7.74. The Bertz CT molecular complexity index is 3280. The predicted molar refractivity (Wildman–Crippen MR) is 347 cm³/mol. The molecule has 23 heteroatoms. The first-order chi connectivity index (χ1) is 42.4. The second kappa shape index (κ2) is 31.1. The Hall–Kier alpha value is -7.57. The molecule has 0 spiro atoms. The molecule has 6 aromatic rings. The Morgan fingerprint density at radius 2 is 1.09 bits per heavy atom. The zero-order valence-corrected chi connectivity index (χ0v) is 53.5. The summed E-state index contributed by atoms with van der Waals surface area (Å²) >= 11 is 0. The second-order valence-corrected chi connectivity index (χ2v) is 25.2. The fourth-order valence-electron chi connectivity index (χ4n) is 11.4. The van der Waals surface area contributed by atoms with Crippen LogP contribution in [-0.4, -0.2) is 218 Å². The van der Waals surface area contributed by atoms with E-state index in [4.69, 9.17) is 29.4 Å². The quantitative estimate of drug-likeness (QED) is 0.0477. The number of piperidine rings is 4. The number of likely N-dealkylation sites (N-methyl/N-ethyl adjacent to an activating group) is 2. The van der Waals surface area contributed by atoms with Crippen molar-refractivity contribution < 1.29 is 23.9 Å². The molecule has 2 aromatic carbocycles. The van der Waals surface area contributed by atoms with Gasteiger partial charge < -0.3 is 55.2 Å². The summed E-state index contributed by atoms with van der Waals surface area (Å²) in [7, 11) is 12.1. The highest BCUT2D eigenvalue weighted by Gasteiger charge is 2.29. The molecule has 23 nitrogen and oxygen atoms in total. The average molecular weight is 1210 g/mol. The van der Waals surface area contributed by atoms with Gasteiger partial charge in [0.2, 0.25) is 23.7 Å². The van der Waals surface area contributed by atoms with E-state index in [0.717, 1.165) is 125 Å². The number of hydrogen-bond donors (Lipinski definition) is 4. The molecule has 4 saturated heterocycles. The van der Waals surface area contributed by atoms with E-state index in [1.807, 2.05) is 78.0 Å². The van der Waals surface area contributed by atoms with Gasteiger partial charge in [-0.3, -0.25) is 19.3 Å². The second-order valence-electron chi connectivity index (χ2n) is 25.2. The van der Waals surface area contributed by atoms with Gasteiger partial charge in [0.15, 0.2) is 11.3 Å². The zero-order valence-electron chi connectivity index (χ0n) is 53.5. The summed E-state index contributed by atoms with van der Waals surface area (Å²) in [5.74, 6) is 1.52. The molecule has 4 aliphatic rings. The van der Waals surface area contributed by atoms with Crippen molar-refractivity contribution >= 4 is 52.3 Å². The maximum Gasteiger partial charge on any atom is 0.322 e. The van der Waals surface area contributed by atoms with Gasteiger partial charge in [0.25, 0.3) is 5.91 Å². The number of likely N-dealkylation sites (tertiary alicyclic amines) is 4. The number of carbonyl (C=O) groups excluding carboxylic acids is 3. The van der Waals surface area contributed by atoms with Crippen LogP contribution in [0.25, 0.3) is 11.3 Å². The molecule has 4 aromatic heterocycles. The van der Waals surface area contributed by atoms with Crippen LogP contribution in [-0.2, 0) is 16.1 Å². The lowest BCUT2D eigenvalue weighted by Gasteiger charge is -2.36. The van der Waals surface area contributed by atoms with Crippen LogP contribution in [0.4, 0.5) is 23.3 Å². The molecule has 4 aliphatic heterocycles. The SMILES string of the molecule is CC(C)c1cnn2c(NC3CCN(C(=O)c4ccc(NC(=O)/C=C/CN(C)C)cc4)CC3)nc(OC3CCN(C)CC3)nc12.CC(C)c1cnn2c(NCC3CCCCN3Cc3ccc(NC(=O)/C=C/CN(C)C)cc3)nc(OC3CCN(C)CC3)nc12. The molecule has 1 atom stereocenters. The number of nitrogens with one attached hydrogen (secondary N) is 4. The molecular formula is C65H94N18O5. The summed E-state index contributed by atoms with van der Waals surface area (Å²) in [5, 5.41) is 22.3. The zero-order chi connectivity index (χ0) is 62.3. The standard InChI is InChI=1S/C33H49N9O2.C32H45N9O3/c1-24(2)29-22-35-42-31(29)37-33(44-28-15-19-40(5)20-16-28)38-32(42)34-21-27-9-6-7-18-41(27)23-25-11-13-26(14-12-25)36-30(43)10-8-17-39(3)4;1-22(2)27-21-33-41-29(27)36-32(44-26-14-17-39(5)18-15-26)37-31(41)35-25-12-19-40(20-13-25)30(43)23-8-10-24(11-9-23)34-28(42)7-6-16-38(3)4/h8,10-14,22,24,27-28H,6-7,9,15-21,23H2,1-5H3,(H,36,43)(H,34,37,38);6-11,21-22,25-26H,12-20H2,1-5H3,(H,34,42)(H,35,36,37)/b10-8+;7-6+. The molecule has 4 N–H and O–H groups in total. The molecule has 88 heavy (non-hydrogen) atoms. The summed E-state index contributed by atoms with van der Waals surface area (Å²) < 4.78 is 16.2. The first-order valence-electron chi connectivity index (χ1n) is 31.6.